The molecular formula is C13H11N3OS. The molecule has 0 radical (unpaired) electrons. The molecule has 4 nitrogen and oxygen atoms in total. The van der Waals surface area contributed by atoms with Gasteiger partial charge in [0.1, 0.15) is 10.7 Å². The van der Waals surface area contributed by atoms with Crippen LogP contribution in [0, 0.1) is 11.3 Å². The van der Waals surface area contributed by atoms with E-state index in [1.54, 1.807) is 18.3 Å². The fraction of sp³-hybridized carbons (Fsp3) is 0.154. The Kier molecular flexibility index (Phi) is 3.70. The van der Waals surface area contributed by atoms with Crippen LogP contribution in [-0.2, 0) is 6.42 Å². The van der Waals surface area contributed by atoms with Crippen LogP contribution in [0.4, 0.5) is 5.69 Å². The van der Waals surface area contributed by atoms with Crippen molar-refractivity contribution < 1.29 is 4.52 Å². The number of benzene rings is 1. The number of aryl methyl sites for hydroxylation is 1. The molecule has 0 aliphatic carbocycles. The summed E-state index contributed by atoms with van der Waals surface area (Å²) in [4.78, 5) is 0.567. The Hall–Kier alpha value is -2.19. The number of hydrogen-bond donors (Lipinski definition) is 1. The second-order valence-corrected chi connectivity index (χ2v) is 4.07. The fourth-order valence-electron chi connectivity index (χ4n) is 1.53. The first kappa shape index (κ1) is 12.3. The van der Waals surface area contributed by atoms with Crippen molar-refractivity contribution in [2.45, 2.75) is 13.3 Å². The molecule has 1 heterocycles. The van der Waals surface area contributed by atoms with Crippen molar-refractivity contribution in [3.63, 3.8) is 0 Å². The van der Waals surface area contributed by atoms with Crippen LogP contribution >= 0.6 is 12.2 Å². The van der Waals surface area contributed by atoms with Crippen molar-refractivity contribution in [1.29, 1.82) is 5.26 Å². The van der Waals surface area contributed by atoms with Gasteiger partial charge < -0.3 is 9.84 Å². The zero-order chi connectivity index (χ0) is 13.0. The monoisotopic (exact) mass is 257 g/mol. The average Bonchev–Trinajstić information content (AvgIpc) is 2.88. The normalized spacial score (nSPS) is 9.78. The summed E-state index contributed by atoms with van der Waals surface area (Å²) >= 11 is 5.30. The molecule has 0 unspecified atom stereocenters. The van der Waals surface area contributed by atoms with E-state index < -0.39 is 0 Å². The zero-order valence-electron chi connectivity index (χ0n) is 9.80. The van der Waals surface area contributed by atoms with Gasteiger partial charge in [0.2, 0.25) is 0 Å². The van der Waals surface area contributed by atoms with Crippen molar-refractivity contribution in [3.05, 3.63) is 47.3 Å². The Morgan fingerprint density at radius 2 is 2.17 bits per heavy atom. The van der Waals surface area contributed by atoms with Gasteiger partial charge in [0.15, 0.2) is 0 Å². The van der Waals surface area contributed by atoms with Crippen molar-refractivity contribution in [2.75, 3.05) is 5.32 Å². The Morgan fingerprint density at radius 1 is 1.44 bits per heavy atom. The molecule has 1 aromatic carbocycles. The van der Waals surface area contributed by atoms with Gasteiger partial charge in [-0.15, -0.1) is 0 Å². The molecule has 0 fully saturated rings. The average molecular weight is 257 g/mol. The summed E-state index contributed by atoms with van der Waals surface area (Å²) in [6.07, 6.45) is 2.35. The molecule has 5 heteroatoms. The third-order valence-electron chi connectivity index (χ3n) is 2.48. The number of anilines is 1. The highest BCUT2D eigenvalue weighted by Gasteiger charge is 2.11. The van der Waals surface area contributed by atoms with Gasteiger partial charge in [-0.1, -0.05) is 24.3 Å². The van der Waals surface area contributed by atoms with Gasteiger partial charge in [-0.3, -0.25) is 0 Å². The summed E-state index contributed by atoms with van der Waals surface area (Å²) in [5.74, 6) is 0.765. The number of thiocarbonyl (C=S) groups is 1. The van der Waals surface area contributed by atoms with E-state index in [2.05, 4.69) is 16.5 Å². The maximum absolute atomic E-state index is 8.71. The van der Waals surface area contributed by atoms with Gasteiger partial charge in [-0.05, 0) is 24.3 Å². The summed E-state index contributed by atoms with van der Waals surface area (Å²) in [6, 6.07) is 9.16. The first-order valence-electron chi connectivity index (χ1n) is 5.49. The van der Waals surface area contributed by atoms with E-state index in [1.165, 1.54) is 0 Å². The van der Waals surface area contributed by atoms with Crippen LogP contribution in [-0.4, -0.2) is 10.1 Å². The third-order valence-corrected chi connectivity index (χ3v) is 2.80. The molecule has 90 valence electrons. The van der Waals surface area contributed by atoms with Gasteiger partial charge in [-0.2, -0.15) is 5.26 Å². The first-order chi connectivity index (χ1) is 8.74. The molecule has 0 aliphatic rings. The summed E-state index contributed by atoms with van der Waals surface area (Å²) in [5, 5.41) is 15.5. The van der Waals surface area contributed by atoms with E-state index in [9.17, 15) is 0 Å². The largest absolute Gasteiger partial charge is 0.361 e. The Balaban J connectivity index is 2.14. The summed E-state index contributed by atoms with van der Waals surface area (Å²) in [6.45, 7) is 1.98. The molecule has 0 saturated heterocycles. The highest BCUT2D eigenvalue weighted by Crippen LogP contribution is 2.14. The van der Waals surface area contributed by atoms with Gasteiger partial charge in [0, 0.05) is 12.1 Å². The lowest BCUT2D eigenvalue weighted by Gasteiger charge is -2.06. The highest BCUT2D eigenvalue weighted by atomic mass is 32.1. The van der Waals surface area contributed by atoms with Crippen LogP contribution in [0.3, 0.4) is 0 Å². The Labute approximate surface area is 110 Å². The van der Waals surface area contributed by atoms with E-state index in [1.807, 2.05) is 19.1 Å². The number of aromatic nitrogens is 1. The van der Waals surface area contributed by atoms with Gasteiger partial charge in [0.25, 0.3) is 0 Å². The van der Waals surface area contributed by atoms with Gasteiger partial charge in [0.05, 0.1) is 23.4 Å². The molecule has 1 aromatic heterocycles. The maximum Gasteiger partial charge on any atom is 0.146 e. The van der Waals surface area contributed by atoms with Crippen molar-refractivity contribution in [2.24, 2.45) is 0 Å². The predicted molar refractivity (Wildman–Crippen MR) is 72.4 cm³/mol. The van der Waals surface area contributed by atoms with E-state index >= 15 is 0 Å². The van der Waals surface area contributed by atoms with Crippen LogP contribution in [0.5, 0.6) is 0 Å². The standard InChI is InChI=1S/C13H11N3OS/c1-2-12-11(8-15-17-12)13(18)16-10-5-3-9(7-14)4-6-10/h3-6,8H,2H2,1H3,(H,16,18). The summed E-state index contributed by atoms with van der Waals surface area (Å²) in [7, 11) is 0. The molecule has 0 spiro atoms. The van der Waals surface area contributed by atoms with Crippen molar-refractivity contribution >= 4 is 22.9 Å². The van der Waals surface area contributed by atoms with Gasteiger partial charge in [-0.25, -0.2) is 0 Å². The maximum atomic E-state index is 8.71. The fourth-order valence-corrected chi connectivity index (χ4v) is 1.82. The van der Waals surface area contributed by atoms with Crippen molar-refractivity contribution in [3.8, 4) is 6.07 Å². The quantitative estimate of drug-likeness (QED) is 0.857. The number of nitrogens with zero attached hydrogens (tertiary/aromatic N) is 2. The Morgan fingerprint density at radius 3 is 2.78 bits per heavy atom. The number of rotatable bonds is 3. The van der Waals surface area contributed by atoms with Gasteiger partial charge >= 0.3 is 0 Å². The van der Waals surface area contributed by atoms with E-state index in [0.717, 1.165) is 23.4 Å². The summed E-state index contributed by atoms with van der Waals surface area (Å²) in [5.41, 5.74) is 2.25. The lowest BCUT2D eigenvalue weighted by atomic mass is 10.2. The van der Waals surface area contributed by atoms with E-state index in [4.69, 9.17) is 22.0 Å². The SMILES string of the molecule is CCc1oncc1C(=S)Nc1ccc(C#N)cc1. The minimum atomic E-state index is 0.567. The molecule has 0 amide bonds. The van der Waals surface area contributed by atoms with Crippen molar-refractivity contribution in [1.82, 2.24) is 5.16 Å². The lowest BCUT2D eigenvalue weighted by molar-refractivity contribution is 0.386. The van der Waals surface area contributed by atoms with Crippen LogP contribution in [0.15, 0.2) is 35.0 Å². The second kappa shape index (κ2) is 5.43. The number of hydrogen-bond acceptors (Lipinski definition) is 4. The molecule has 0 aliphatic heterocycles. The highest BCUT2D eigenvalue weighted by molar-refractivity contribution is 7.81. The second-order valence-electron chi connectivity index (χ2n) is 3.66. The van der Waals surface area contributed by atoms with Crippen LogP contribution in [0.2, 0.25) is 0 Å². The molecule has 0 bridgehead atoms. The van der Waals surface area contributed by atoms with E-state index in [-0.39, 0.29) is 0 Å². The minimum Gasteiger partial charge on any atom is -0.361 e. The molecule has 0 saturated carbocycles. The smallest absolute Gasteiger partial charge is 0.146 e. The zero-order valence-corrected chi connectivity index (χ0v) is 10.6. The predicted octanol–water partition coefficient (Wildman–Crippen LogP) is 2.90. The van der Waals surface area contributed by atoms with Crippen LogP contribution < -0.4 is 5.32 Å². The van der Waals surface area contributed by atoms with Crippen LogP contribution in [0.1, 0.15) is 23.8 Å². The van der Waals surface area contributed by atoms with Crippen LogP contribution in [0.25, 0.3) is 0 Å². The molecule has 2 rings (SSSR count). The summed E-state index contributed by atoms with van der Waals surface area (Å²) < 4.78 is 5.09. The number of nitriles is 1. The Bertz CT molecular complexity index is 595. The molecule has 0 atom stereocenters. The molecule has 18 heavy (non-hydrogen) atoms. The third kappa shape index (κ3) is 2.55. The minimum absolute atomic E-state index is 0.567. The van der Waals surface area contributed by atoms with E-state index in [0.29, 0.717) is 10.6 Å². The molecule has 2 aromatic rings. The molecule has 1 N–H and O–H groups in total. The topological polar surface area (TPSA) is 61.9 Å². The molecular weight excluding hydrogens is 246 g/mol. The number of nitrogens with one attached hydrogen (secondary N) is 1. The first-order valence-corrected chi connectivity index (χ1v) is 5.90. The lowest BCUT2D eigenvalue weighted by Crippen LogP contribution is -2.11.